The maximum absolute atomic E-state index is 12.3. The molecule has 2 aromatic rings. The standard InChI is InChI=1S/C22H30N2O5S/c1-5-17-6-9-19(10-7-17)29-15-14-23-22(25)13-8-18-16-20(11-12-21(18)28-4)30(26,27)24(2)3/h6-7,9-12,16H,5,8,13-15H2,1-4H3,(H,23,25). The fourth-order valence-electron chi connectivity index (χ4n) is 2.84. The van der Waals surface area contributed by atoms with E-state index < -0.39 is 10.0 Å². The van der Waals surface area contributed by atoms with Gasteiger partial charge in [-0.15, -0.1) is 0 Å². The van der Waals surface area contributed by atoms with Crippen molar-refractivity contribution in [3.8, 4) is 11.5 Å². The highest BCUT2D eigenvalue weighted by Crippen LogP contribution is 2.25. The molecule has 0 fully saturated rings. The summed E-state index contributed by atoms with van der Waals surface area (Å²) in [4.78, 5) is 12.3. The van der Waals surface area contributed by atoms with Crippen LogP contribution in [0.25, 0.3) is 0 Å². The lowest BCUT2D eigenvalue weighted by atomic mass is 10.1. The number of carbonyl (C=O) groups is 1. The van der Waals surface area contributed by atoms with Crippen molar-refractivity contribution in [1.29, 1.82) is 0 Å². The van der Waals surface area contributed by atoms with Crippen molar-refractivity contribution in [3.63, 3.8) is 0 Å². The third-order valence-corrected chi connectivity index (χ3v) is 6.49. The molecule has 0 aromatic heterocycles. The molecule has 0 saturated heterocycles. The first-order valence-corrected chi connectivity index (χ1v) is 11.3. The van der Waals surface area contributed by atoms with E-state index in [9.17, 15) is 13.2 Å². The summed E-state index contributed by atoms with van der Waals surface area (Å²) >= 11 is 0. The molecule has 1 amide bonds. The van der Waals surface area contributed by atoms with Gasteiger partial charge in [-0.3, -0.25) is 4.79 Å². The quantitative estimate of drug-likeness (QED) is 0.550. The number of ether oxygens (including phenoxy) is 2. The molecule has 0 bridgehead atoms. The number of hydrogen-bond donors (Lipinski definition) is 1. The van der Waals surface area contributed by atoms with Crippen molar-refractivity contribution in [2.24, 2.45) is 0 Å². The zero-order valence-corrected chi connectivity index (χ0v) is 18.8. The summed E-state index contributed by atoms with van der Waals surface area (Å²) in [5.41, 5.74) is 1.91. The molecule has 0 heterocycles. The Balaban J connectivity index is 1.86. The Morgan fingerprint density at radius 3 is 2.40 bits per heavy atom. The van der Waals surface area contributed by atoms with Gasteiger partial charge in [0.15, 0.2) is 0 Å². The summed E-state index contributed by atoms with van der Waals surface area (Å²) in [5, 5.41) is 2.82. The normalized spacial score (nSPS) is 11.4. The van der Waals surface area contributed by atoms with Crippen LogP contribution in [0.4, 0.5) is 0 Å². The van der Waals surface area contributed by atoms with Gasteiger partial charge in [0.05, 0.1) is 18.6 Å². The Kier molecular flexibility index (Phi) is 8.68. The molecule has 30 heavy (non-hydrogen) atoms. The molecule has 0 aliphatic rings. The van der Waals surface area contributed by atoms with E-state index in [1.54, 1.807) is 12.1 Å². The number of aryl methyl sites for hydroxylation is 2. The number of hydrogen-bond acceptors (Lipinski definition) is 5. The number of benzene rings is 2. The summed E-state index contributed by atoms with van der Waals surface area (Å²) in [6, 6.07) is 12.6. The number of nitrogens with zero attached hydrogens (tertiary/aromatic N) is 1. The van der Waals surface area contributed by atoms with E-state index in [4.69, 9.17) is 9.47 Å². The summed E-state index contributed by atoms with van der Waals surface area (Å²) in [6.45, 7) is 2.86. The molecule has 0 aliphatic carbocycles. The van der Waals surface area contributed by atoms with Crippen molar-refractivity contribution >= 4 is 15.9 Å². The van der Waals surface area contributed by atoms with Gasteiger partial charge in [-0.1, -0.05) is 19.1 Å². The molecule has 2 aromatic carbocycles. The Hall–Kier alpha value is -2.58. The Labute approximate surface area is 179 Å². The summed E-state index contributed by atoms with van der Waals surface area (Å²) < 4.78 is 36.8. The van der Waals surface area contributed by atoms with Crippen molar-refractivity contribution in [2.45, 2.75) is 31.1 Å². The number of nitrogens with one attached hydrogen (secondary N) is 1. The molecular weight excluding hydrogens is 404 g/mol. The van der Waals surface area contributed by atoms with Crippen LogP contribution in [-0.2, 0) is 27.7 Å². The number of carbonyl (C=O) groups excluding carboxylic acids is 1. The van der Waals surface area contributed by atoms with Crippen LogP contribution >= 0.6 is 0 Å². The number of sulfonamides is 1. The lowest BCUT2D eigenvalue weighted by molar-refractivity contribution is -0.121. The third-order valence-electron chi connectivity index (χ3n) is 4.68. The van der Waals surface area contributed by atoms with E-state index >= 15 is 0 Å². The minimum absolute atomic E-state index is 0.136. The first kappa shape index (κ1) is 23.7. The van der Waals surface area contributed by atoms with Crippen LogP contribution in [-0.4, -0.2) is 53.0 Å². The van der Waals surface area contributed by atoms with Gasteiger partial charge in [-0.2, -0.15) is 0 Å². The van der Waals surface area contributed by atoms with Crippen LogP contribution in [0.15, 0.2) is 47.4 Å². The van der Waals surface area contributed by atoms with Gasteiger partial charge in [0, 0.05) is 20.5 Å². The van der Waals surface area contributed by atoms with Crippen LogP contribution in [0.5, 0.6) is 11.5 Å². The minimum atomic E-state index is -3.55. The molecule has 0 aliphatic heterocycles. The zero-order chi connectivity index (χ0) is 22.1. The Bertz CT molecular complexity index is 941. The number of rotatable bonds is 11. The molecule has 2 rings (SSSR count). The van der Waals surface area contributed by atoms with Crippen molar-refractivity contribution in [2.75, 3.05) is 34.4 Å². The lowest BCUT2D eigenvalue weighted by Crippen LogP contribution is -2.28. The van der Waals surface area contributed by atoms with Crippen LogP contribution in [0.3, 0.4) is 0 Å². The highest BCUT2D eigenvalue weighted by molar-refractivity contribution is 7.89. The van der Waals surface area contributed by atoms with Crippen LogP contribution in [0.1, 0.15) is 24.5 Å². The SMILES string of the molecule is CCc1ccc(OCCNC(=O)CCc2cc(S(=O)(=O)N(C)C)ccc2OC)cc1. The lowest BCUT2D eigenvalue weighted by Gasteiger charge is -2.14. The van der Waals surface area contributed by atoms with Gasteiger partial charge in [-0.05, 0) is 54.3 Å². The second-order valence-electron chi connectivity index (χ2n) is 6.96. The second-order valence-corrected chi connectivity index (χ2v) is 9.11. The van der Waals surface area contributed by atoms with Crippen LogP contribution in [0, 0.1) is 0 Å². The smallest absolute Gasteiger partial charge is 0.242 e. The van der Waals surface area contributed by atoms with E-state index in [-0.39, 0.29) is 17.2 Å². The summed E-state index contributed by atoms with van der Waals surface area (Å²) in [7, 11) is 0.925. The van der Waals surface area contributed by atoms with E-state index in [1.165, 1.54) is 32.8 Å². The Morgan fingerprint density at radius 1 is 1.10 bits per heavy atom. The van der Waals surface area contributed by atoms with Gasteiger partial charge in [-0.25, -0.2) is 12.7 Å². The van der Waals surface area contributed by atoms with Gasteiger partial charge >= 0.3 is 0 Å². The third kappa shape index (κ3) is 6.47. The molecule has 8 heteroatoms. The van der Waals surface area contributed by atoms with Crippen molar-refractivity contribution in [1.82, 2.24) is 9.62 Å². The van der Waals surface area contributed by atoms with Gasteiger partial charge in [0.2, 0.25) is 15.9 Å². The molecule has 7 nitrogen and oxygen atoms in total. The summed E-state index contributed by atoms with van der Waals surface area (Å²) in [6.07, 6.45) is 1.56. The topological polar surface area (TPSA) is 84.9 Å². The minimum Gasteiger partial charge on any atom is -0.496 e. The molecule has 0 atom stereocenters. The molecule has 0 radical (unpaired) electrons. The fraction of sp³-hybridized carbons (Fsp3) is 0.409. The average Bonchev–Trinajstić information content (AvgIpc) is 2.75. The predicted octanol–water partition coefficient (Wildman–Crippen LogP) is 2.64. The van der Waals surface area contributed by atoms with Gasteiger partial charge < -0.3 is 14.8 Å². The predicted molar refractivity (Wildman–Crippen MR) is 117 cm³/mol. The molecule has 0 spiro atoms. The highest BCUT2D eigenvalue weighted by atomic mass is 32.2. The number of methoxy groups -OCH3 is 1. The molecule has 0 unspecified atom stereocenters. The first-order chi connectivity index (χ1) is 14.3. The summed E-state index contributed by atoms with van der Waals surface area (Å²) in [5.74, 6) is 1.19. The van der Waals surface area contributed by atoms with Crippen LogP contribution in [0.2, 0.25) is 0 Å². The number of amides is 1. The van der Waals surface area contributed by atoms with Crippen LogP contribution < -0.4 is 14.8 Å². The highest BCUT2D eigenvalue weighted by Gasteiger charge is 2.19. The second kappa shape index (κ2) is 11.0. The molecule has 164 valence electrons. The van der Waals surface area contributed by atoms with E-state index in [1.807, 2.05) is 24.3 Å². The zero-order valence-electron chi connectivity index (χ0n) is 18.0. The van der Waals surface area contributed by atoms with E-state index in [0.717, 1.165) is 16.5 Å². The van der Waals surface area contributed by atoms with Gasteiger partial charge in [0.1, 0.15) is 18.1 Å². The van der Waals surface area contributed by atoms with Gasteiger partial charge in [0.25, 0.3) is 0 Å². The molecular formula is C22H30N2O5S. The van der Waals surface area contributed by atoms with E-state index in [0.29, 0.717) is 30.9 Å². The average molecular weight is 435 g/mol. The molecule has 1 N–H and O–H groups in total. The van der Waals surface area contributed by atoms with Crippen molar-refractivity contribution < 1.29 is 22.7 Å². The molecule has 0 saturated carbocycles. The monoisotopic (exact) mass is 434 g/mol. The fourth-order valence-corrected chi connectivity index (χ4v) is 3.79. The van der Waals surface area contributed by atoms with E-state index in [2.05, 4.69) is 12.2 Å². The largest absolute Gasteiger partial charge is 0.496 e. The van der Waals surface area contributed by atoms with Crippen molar-refractivity contribution in [3.05, 3.63) is 53.6 Å². The maximum atomic E-state index is 12.3. The first-order valence-electron chi connectivity index (χ1n) is 9.85. The maximum Gasteiger partial charge on any atom is 0.242 e. The Morgan fingerprint density at radius 2 is 1.80 bits per heavy atom.